The van der Waals surface area contributed by atoms with Gasteiger partial charge in [0, 0.05) is 11.4 Å². The highest BCUT2D eigenvalue weighted by atomic mass is 15.2. The molecule has 2 aromatic carbocycles. The zero-order valence-corrected chi connectivity index (χ0v) is 11.8. The largest absolute Gasteiger partial charge is 0.334 e. The molecule has 20 heavy (non-hydrogen) atoms. The fourth-order valence-electron chi connectivity index (χ4n) is 2.39. The topological polar surface area (TPSA) is 27.1 Å². The van der Waals surface area contributed by atoms with E-state index >= 15 is 0 Å². The van der Waals surface area contributed by atoms with Crippen molar-refractivity contribution in [2.75, 3.05) is 4.90 Å². The maximum atomic E-state index is 7.30. The number of nitrogens with one attached hydrogen (secondary N) is 1. The van der Waals surface area contributed by atoms with Gasteiger partial charge >= 0.3 is 0 Å². The molecule has 1 atom stereocenters. The van der Waals surface area contributed by atoms with Crippen molar-refractivity contribution < 1.29 is 0 Å². The Kier molecular flexibility index (Phi) is 5.16. The SMILES string of the molecule is CCCC(C=C=N)N(c1ccccc1)c1ccccc1. The Balaban J connectivity index is 2.46. The Hall–Kier alpha value is -2.31. The molecule has 0 amide bonds. The van der Waals surface area contributed by atoms with Gasteiger partial charge in [0.15, 0.2) is 0 Å². The summed E-state index contributed by atoms with van der Waals surface area (Å²) in [7, 11) is 0. The zero-order chi connectivity index (χ0) is 14.2. The standard InChI is InChI=1S/C18H20N2/c1-2-9-16(14-15-19)20(17-10-5-3-6-11-17)18-12-7-4-8-13-18/h3-8,10-14,16,19H,2,9H2,1H3. The molecule has 1 unspecified atom stereocenters. The van der Waals surface area contributed by atoms with Crippen LogP contribution in [0.2, 0.25) is 0 Å². The summed E-state index contributed by atoms with van der Waals surface area (Å²) >= 11 is 0. The minimum atomic E-state index is 0.155. The first kappa shape index (κ1) is 14.1. The summed E-state index contributed by atoms with van der Waals surface area (Å²) in [4.78, 5) is 2.27. The highest BCUT2D eigenvalue weighted by molar-refractivity contribution is 5.66. The van der Waals surface area contributed by atoms with Crippen molar-refractivity contribution in [3.8, 4) is 0 Å². The third kappa shape index (κ3) is 3.37. The number of hydrogen-bond acceptors (Lipinski definition) is 2. The normalized spacial score (nSPS) is 11.4. The molecule has 0 saturated heterocycles. The van der Waals surface area contributed by atoms with Crippen molar-refractivity contribution in [1.29, 1.82) is 5.41 Å². The molecule has 2 nitrogen and oxygen atoms in total. The number of anilines is 2. The Morgan fingerprint density at radius 3 is 1.90 bits per heavy atom. The van der Waals surface area contributed by atoms with Crippen molar-refractivity contribution >= 4 is 17.2 Å². The molecule has 0 heterocycles. The lowest BCUT2D eigenvalue weighted by Crippen LogP contribution is -2.29. The van der Waals surface area contributed by atoms with Crippen LogP contribution in [0.1, 0.15) is 19.8 Å². The highest BCUT2D eigenvalue weighted by Crippen LogP contribution is 2.29. The summed E-state index contributed by atoms with van der Waals surface area (Å²) in [6.07, 6.45) is 3.90. The van der Waals surface area contributed by atoms with Gasteiger partial charge in [-0.3, -0.25) is 5.41 Å². The van der Waals surface area contributed by atoms with Crippen LogP contribution in [0.5, 0.6) is 0 Å². The van der Waals surface area contributed by atoms with E-state index in [1.807, 2.05) is 42.5 Å². The van der Waals surface area contributed by atoms with E-state index < -0.39 is 0 Å². The molecule has 0 aliphatic carbocycles. The van der Waals surface area contributed by atoms with Crippen LogP contribution >= 0.6 is 0 Å². The van der Waals surface area contributed by atoms with Gasteiger partial charge in [0.25, 0.3) is 0 Å². The molecular formula is C18H20N2. The fourth-order valence-corrected chi connectivity index (χ4v) is 2.39. The predicted molar refractivity (Wildman–Crippen MR) is 86.0 cm³/mol. The second-order valence-corrected chi connectivity index (χ2v) is 4.71. The minimum Gasteiger partial charge on any atom is -0.334 e. The summed E-state index contributed by atoms with van der Waals surface area (Å²) in [5.41, 5.74) is 2.28. The van der Waals surface area contributed by atoms with Gasteiger partial charge in [-0.15, -0.1) is 0 Å². The third-order valence-corrected chi connectivity index (χ3v) is 3.26. The molecule has 2 aromatic rings. The molecule has 2 heteroatoms. The molecule has 0 saturated carbocycles. The summed E-state index contributed by atoms with van der Waals surface area (Å²) < 4.78 is 0. The Labute approximate surface area is 120 Å². The second-order valence-electron chi connectivity index (χ2n) is 4.71. The van der Waals surface area contributed by atoms with Crippen molar-refractivity contribution in [1.82, 2.24) is 0 Å². The van der Waals surface area contributed by atoms with E-state index in [-0.39, 0.29) is 6.04 Å². The minimum absolute atomic E-state index is 0.155. The van der Waals surface area contributed by atoms with Gasteiger partial charge in [-0.25, -0.2) is 0 Å². The lowest BCUT2D eigenvalue weighted by Gasteiger charge is -2.31. The van der Waals surface area contributed by atoms with E-state index in [9.17, 15) is 0 Å². The van der Waals surface area contributed by atoms with E-state index in [1.54, 1.807) is 0 Å². The molecule has 0 bridgehead atoms. The van der Waals surface area contributed by atoms with Crippen LogP contribution in [-0.2, 0) is 0 Å². The van der Waals surface area contributed by atoms with Gasteiger partial charge in [-0.1, -0.05) is 49.7 Å². The Morgan fingerprint density at radius 1 is 1.00 bits per heavy atom. The van der Waals surface area contributed by atoms with Crippen molar-refractivity contribution in [2.24, 2.45) is 0 Å². The van der Waals surface area contributed by atoms with Crippen LogP contribution in [-0.4, -0.2) is 11.9 Å². The van der Waals surface area contributed by atoms with E-state index in [2.05, 4.69) is 42.0 Å². The summed E-state index contributed by atoms with van der Waals surface area (Å²) in [5, 5.41) is 7.30. The first-order valence-electron chi connectivity index (χ1n) is 7.01. The van der Waals surface area contributed by atoms with Crippen molar-refractivity contribution in [3.05, 3.63) is 66.7 Å². The van der Waals surface area contributed by atoms with E-state index in [1.165, 1.54) is 0 Å². The van der Waals surface area contributed by atoms with E-state index in [0.717, 1.165) is 24.2 Å². The second kappa shape index (κ2) is 7.32. The molecule has 0 aliphatic heterocycles. The van der Waals surface area contributed by atoms with Gasteiger partial charge in [-0.05, 0) is 42.6 Å². The Bertz CT molecular complexity index is 517. The highest BCUT2D eigenvalue weighted by Gasteiger charge is 2.17. The van der Waals surface area contributed by atoms with Crippen LogP contribution in [0.3, 0.4) is 0 Å². The number of nitrogens with zero attached hydrogens (tertiary/aromatic N) is 1. The smallest absolute Gasteiger partial charge is 0.0611 e. The van der Waals surface area contributed by atoms with Gasteiger partial charge in [0.05, 0.1) is 6.04 Å². The maximum absolute atomic E-state index is 7.30. The molecule has 1 N–H and O–H groups in total. The third-order valence-electron chi connectivity index (χ3n) is 3.26. The molecule has 0 radical (unpaired) electrons. The summed E-state index contributed by atoms with van der Waals surface area (Å²) in [6, 6.07) is 20.8. The van der Waals surface area contributed by atoms with Gasteiger partial charge in [0.2, 0.25) is 0 Å². The van der Waals surface area contributed by atoms with E-state index in [0.29, 0.717) is 0 Å². The molecule has 0 aromatic heterocycles. The molecule has 2 rings (SSSR count). The molecule has 0 fully saturated rings. The molecule has 0 aliphatic rings. The van der Waals surface area contributed by atoms with Crippen LogP contribution in [0, 0.1) is 5.41 Å². The van der Waals surface area contributed by atoms with Gasteiger partial charge < -0.3 is 4.90 Å². The molecule has 0 spiro atoms. The molecule has 102 valence electrons. The van der Waals surface area contributed by atoms with Crippen molar-refractivity contribution in [3.63, 3.8) is 0 Å². The number of rotatable bonds is 6. The monoisotopic (exact) mass is 264 g/mol. The summed E-state index contributed by atoms with van der Waals surface area (Å²) in [6.45, 7) is 2.17. The molecular weight excluding hydrogens is 244 g/mol. The quantitative estimate of drug-likeness (QED) is 0.746. The number of hydrogen-bond donors (Lipinski definition) is 1. The predicted octanol–water partition coefficient (Wildman–Crippen LogP) is 4.80. The number of para-hydroxylation sites is 2. The Morgan fingerprint density at radius 2 is 1.50 bits per heavy atom. The van der Waals surface area contributed by atoms with Crippen LogP contribution in [0.25, 0.3) is 0 Å². The average Bonchev–Trinajstić information content (AvgIpc) is 2.50. The maximum Gasteiger partial charge on any atom is 0.0611 e. The van der Waals surface area contributed by atoms with E-state index in [4.69, 9.17) is 5.41 Å². The van der Waals surface area contributed by atoms with Crippen molar-refractivity contribution in [2.45, 2.75) is 25.8 Å². The fraction of sp³-hybridized carbons (Fsp3) is 0.222. The first-order chi connectivity index (χ1) is 9.86. The van der Waals surface area contributed by atoms with Crippen LogP contribution in [0.15, 0.2) is 66.7 Å². The van der Waals surface area contributed by atoms with Crippen LogP contribution in [0.4, 0.5) is 11.4 Å². The van der Waals surface area contributed by atoms with Crippen LogP contribution < -0.4 is 4.90 Å². The average molecular weight is 264 g/mol. The van der Waals surface area contributed by atoms with Gasteiger partial charge in [-0.2, -0.15) is 0 Å². The lowest BCUT2D eigenvalue weighted by atomic mass is 10.1. The first-order valence-corrected chi connectivity index (χ1v) is 7.01. The zero-order valence-electron chi connectivity index (χ0n) is 11.8. The summed E-state index contributed by atoms with van der Waals surface area (Å²) in [5.74, 6) is 2.46. The lowest BCUT2D eigenvalue weighted by molar-refractivity contribution is 0.687. The van der Waals surface area contributed by atoms with Gasteiger partial charge in [0.1, 0.15) is 0 Å². The number of benzene rings is 2.